The maximum Gasteiger partial charge on any atom is 0.211 e. The third-order valence-corrected chi connectivity index (χ3v) is 3.56. The van der Waals surface area contributed by atoms with Crippen LogP contribution in [0.3, 0.4) is 0 Å². The number of thiophene rings is 1. The Morgan fingerprint density at radius 2 is 1.94 bits per heavy atom. The molecule has 0 saturated carbocycles. The van der Waals surface area contributed by atoms with E-state index in [2.05, 4.69) is 5.32 Å². The summed E-state index contributed by atoms with van der Waals surface area (Å²) in [6.45, 7) is 0. The van der Waals surface area contributed by atoms with E-state index in [1.54, 1.807) is 12.1 Å². The molecule has 0 unspecified atom stereocenters. The second-order valence-electron chi connectivity index (χ2n) is 3.78. The van der Waals surface area contributed by atoms with E-state index in [9.17, 15) is 9.59 Å². The average molecular weight is 244 g/mol. The molecule has 1 amide bonds. The lowest BCUT2D eigenvalue weighted by molar-refractivity contribution is -0.105. The summed E-state index contributed by atoms with van der Waals surface area (Å²) in [4.78, 5) is 22.5. The average Bonchev–Trinajstić information content (AvgIpc) is 2.84. The van der Waals surface area contributed by atoms with Gasteiger partial charge in [0.25, 0.3) is 0 Å². The quantitative estimate of drug-likeness (QED) is 0.535. The van der Waals surface area contributed by atoms with Gasteiger partial charge in [-0.25, -0.2) is 0 Å². The minimum Gasteiger partial charge on any atom is -0.398 e. The van der Waals surface area contributed by atoms with Gasteiger partial charge in [-0.1, -0.05) is 0 Å². The van der Waals surface area contributed by atoms with E-state index in [1.807, 2.05) is 10.8 Å². The number of anilines is 2. The highest BCUT2D eigenvalue weighted by molar-refractivity contribution is 7.08. The molecular weight excluding hydrogens is 236 g/mol. The Morgan fingerprint density at radius 3 is 2.71 bits per heavy atom. The Hall–Kier alpha value is -2.14. The molecule has 4 nitrogen and oxygen atoms in total. The van der Waals surface area contributed by atoms with E-state index in [-0.39, 0.29) is 5.78 Å². The smallest absolute Gasteiger partial charge is 0.211 e. The Balaban J connectivity index is 2.28. The number of carbonyl (C=O) groups excluding carboxylic acids is 2. The molecule has 3 rings (SSSR count). The number of benzene rings is 1. The third-order valence-electron chi connectivity index (χ3n) is 2.82. The highest BCUT2D eigenvalue weighted by atomic mass is 32.1. The predicted octanol–water partition coefficient (Wildman–Crippen LogP) is 2.11. The minimum absolute atomic E-state index is 0.0357. The molecule has 3 N–H and O–H groups in total. The maximum absolute atomic E-state index is 12.1. The highest BCUT2D eigenvalue weighted by Crippen LogP contribution is 2.42. The fraction of sp³-hybridized carbons (Fsp3) is 0. The zero-order valence-corrected chi connectivity index (χ0v) is 9.51. The summed E-state index contributed by atoms with van der Waals surface area (Å²) in [5.41, 5.74) is 9.80. The van der Waals surface area contributed by atoms with Crippen molar-refractivity contribution in [3.05, 3.63) is 34.0 Å². The van der Waals surface area contributed by atoms with Crippen LogP contribution in [0.25, 0.3) is 11.1 Å². The molecule has 0 fully saturated rings. The Bertz CT molecular complexity index is 646. The number of carbonyl (C=O) groups is 2. The molecule has 1 aliphatic carbocycles. The molecular formula is C12H8N2O2S. The molecule has 0 aliphatic heterocycles. The molecule has 0 spiro atoms. The van der Waals surface area contributed by atoms with Gasteiger partial charge in [-0.3, -0.25) is 9.59 Å². The fourth-order valence-electron chi connectivity index (χ4n) is 2.10. The van der Waals surface area contributed by atoms with Crippen LogP contribution in [0.4, 0.5) is 11.4 Å². The molecule has 1 aliphatic rings. The van der Waals surface area contributed by atoms with Gasteiger partial charge in [0, 0.05) is 27.9 Å². The van der Waals surface area contributed by atoms with Crippen molar-refractivity contribution in [2.75, 3.05) is 11.1 Å². The summed E-state index contributed by atoms with van der Waals surface area (Å²) in [7, 11) is 0. The summed E-state index contributed by atoms with van der Waals surface area (Å²) in [5.74, 6) is -0.0357. The molecule has 1 aromatic carbocycles. The van der Waals surface area contributed by atoms with E-state index in [1.165, 1.54) is 11.3 Å². The second kappa shape index (κ2) is 3.43. The van der Waals surface area contributed by atoms with Crippen molar-refractivity contribution in [1.82, 2.24) is 0 Å². The number of nitrogens with two attached hydrogens (primary N) is 1. The second-order valence-corrected chi connectivity index (χ2v) is 4.52. The van der Waals surface area contributed by atoms with Gasteiger partial charge in [0.2, 0.25) is 6.41 Å². The highest BCUT2D eigenvalue weighted by Gasteiger charge is 2.29. The van der Waals surface area contributed by atoms with Gasteiger partial charge >= 0.3 is 0 Å². The minimum atomic E-state index is -0.0357. The van der Waals surface area contributed by atoms with E-state index < -0.39 is 0 Å². The number of nitrogen functional groups attached to an aromatic ring is 1. The van der Waals surface area contributed by atoms with Crippen LogP contribution in [-0.2, 0) is 4.79 Å². The van der Waals surface area contributed by atoms with Gasteiger partial charge in [0.1, 0.15) is 0 Å². The third kappa shape index (κ3) is 1.29. The summed E-state index contributed by atoms with van der Waals surface area (Å²) in [6, 6.07) is 3.37. The molecule has 0 bridgehead atoms. The topological polar surface area (TPSA) is 72.2 Å². The Kier molecular flexibility index (Phi) is 2.02. The first-order chi connectivity index (χ1) is 8.22. The van der Waals surface area contributed by atoms with Gasteiger partial charge in [-0.05, 0) is 23.1 Å². The number of fused-ring (bicyclic) bond motifs is 3. The number of hydrogen-bond acceptors (Lipinski definition) is 4. The van der Waals surface area contributed by atoms with E-state index in [0.717, 1.165) is 11.1 Å². The van der Waals surface area contributed by atoms with Crippen molar-refractivity contribution in [1.29, 1.82) is 0 Å². The number of ketones is 1. The molecule has 84 valence electrons. The molecule has 0 radical (unpaired) electrons. The molecule has 0 atom stereocenters. The van der Waals surface area contributed by atoms with Crippen LogP contribution >= 0.6 is 11.3 Å². The maximum atomic E-state index is 12.1. The van der Waals surface area contributed by atoms with Crippen LogP contribution in [0.2, 0.25) is 0 Å². The lowest BCUT2D eigenvalue weighted by Crippen LogP contribution is -2.02. The van der Waals surface area contributed by atoms with Gasteiger partial charge in [0.05, 0.1) is 5.56 Å². The predicted molar refractivity (Wildman–Crippen MR) is 67.3 cm³/mol. The summed E-state index contributed by atoms with van der Waals surface area (Å²) in [5, 5.41) is 6.29. The standard InChI is InChI=1S/C12H8N2O2S/c13-10-2-6(14-5-15)1-7-8-3-17-4-9(8)12(16)11(7)10/h1-5H,13H2,(H,14,15). The molecule has 5 heteroatoms. The molecule has 2 aromatic rings. The Morgan fingerprint density at radius 1 is 1.18 bits per heavy atom. The largest absolute Gasteiger partial charge is 0.398 e. The van der Waals surface area contributed by atoms with E-state index >= 15 is 0 Å². The van der Waals surface area contributed by atoms with Crippen LogP contribution in [0, 0.1) is 0 Å². The first kappa shape index (κ1) is 10.0. The first-order valence-corrected chi connectivity index (χ1v) is 5.91. The van der Waals surface area contributed by atoms with Gasteiger partial charge in [-0.2, -0.15) is 11.3 Å². The normalized spacial score (nSPS) is 12.1. The number of nitrogens with one attached hydrogen (secondary N) is 1. The summed E-state index contributed by atoms with van der Waals surface area (Å²) < 4.78 is 0. The Labute approximate surface area is 101 Å². The van der Waals surface area contributed by atoms with Crippen molar-refractivity contribution in [3.63, 3.8) is 0 Å². The molecule has 0 saturated heterocycles. The van der Waals surface area contributed by atoms with Crippen molar-refractivity contribution in [2.45, 2.75) is 0 Å². The van der Waals surface area contributed by atoms with Crippen molar-refractivity contribution < 1.29 is 9.59 Å². The number of amides is 1. The molecule has 1 heterocycles. The van der Waals surface area contributed by atoms with Crippen LogP contribution in [0.15, 0.2) is 22.9 Å². The van der Waals surface area contributed by atoms with Gasteiger partial charge in [0.15, 0.2) is 5.78 Å². The zero-order valence-electron chi connectivity index (χ0n) is 8.69. The van der Waals surface area contributed by atoms with Crippen LogP contribution < -0.4 is 11.1 Å². The van der Waals surface area contributed by atoms with Crippen LogP contribution in [-0.4, -0.2) is 12.2 Å². The van der Waals surface area contributed by atoms with Crippen LogP contribution in [0.1, 0.15) is 15.9 Å². The van der Waals surface area contributed by atoms with Crippen molar-refractivity contribution in [2.24, 2.45) is 0 Å². The van der Waals surface area contributed by atoms with Crippen molar-refractivity contribution in [3.8, 4) is 11.1 Å². The van der Waals surface area contributed by atoms with E-state index in [0.29, 0.717) is 28.9 Å². The number of rotatable bonds is 2. The fourth-order valence-corrected chi connectivity index (χ4v) is 2.93. The lowest BCUT2D eigenvalue weighted by Gasteiger charge is -2.06. The molecule has 17 heavy (non-hydrogen) atoms. The van der Waals surface area contributed by atoms with E-state index in [4.69, 9.17) is 5.73 Å². The zero-order chi connectivity index (χ0) is 12.0. The van der Waals surface area contributed by atoms with Gasteiger partial charge in [-0.15, -0.1) is 0 Å². The molecule has 1 aromatic heterocycles. The first-order valence-electron chi connectivity index (χ1n) is 4.97. The lowest BCUT2D eigenvalue weighted by atomic mass is 10.0. The van der Waals surface area contributed by atoms with Crippen LogP contribution in [0.5, 0.6) is 0 Å². The monoisotopic (exact) mass is 244 g/mol. The summed E-state index contributed by atoms with van der Waals surface area (Å²) >= 11 is 1.48. The van der Waals surface area contributed by atoms with Gasteiger partial charge < -0.3 is 11.1 Å². The number of hydrogen-bond donors (Lipinski definition) is 2. The summed E-state index contributed by atoms with van der Waals surface area (Å²) in [6.07, 6.45) is 0.590. The van der Waals surface area contributed by atoms with Crippen molar-refractivity contribution >= 4 is 34.9 Å². The SMILES string of the molecule is Nc1cc(NC=O)cc2c1C(=O)c1cscc1-2.